The summed E-state index contributed by atoms with van der Waals surface area (Å²) in [5, 5.41) is 5.82. The zero-order valence-corrected chi connectivity index (χ0v) is 17.3. The molecule has 0 aliphatic heterocycles. The van der Waals surface area contributed by atoms with Gasteiger partial charge in [-0.3, -0.25) is 14.6 Å². The van der Waals surface area contributed by atoms with Crippen LogP contribution in [0.15, 0.2) is 73.1 Å². The van der Waals surface area contributed by atoms with Crippen molar-refractivity contribution in [3.8, 4) is 0 Å². The summed E-state index contributed by atoms with van der Waals surface area (Å²) in [7, 11) is 3.76. The molecule has 0 radical (unpaired) electrons. The van der Waals surface area contributed by atoms with Gasteiger partial charge in [-0.05, 0) is 41.8 Å². The number of benzene rings is 2. The molecule has 2 amide bonds. The Morgan fingerprint density at radius 2 is 1.73 bits per heavy atom. The fourth-order valence-corrected chi connectivity index (χ4v) is 3.09. The summed E-state index contributed by atoms with van der Waals surface area (Å²) in [6.45, 7) is 0.382. The van der Waals surface area contributed by atoms with Crippen molar-refractivity contribution in [2.24, 2.45) is 0 Å². The lowest BCUT2D eigenvalue weighted by atomic mass is 10.1. The number of aromatic nitrogens is 1. The normalized spacial score (nSPS) is 10.3. The molecule has 6 heteroatoms. The number of rotatable bonds is 8. The topological polar surface area (TPSA) is 74.3 Å². The van der Waals surface area contributed by atoms with Gasteiger partial charge < -0.3 is 15.5 Å². The minimum atomic E-state index is -0.206. The Hall–Kier alpha value is -3.67. The Kier molecular flexibility index (Phi) is 7.16. The molecule has 0 aliphatic carbocycles. The van der Waals surface area contributed by atoms with Gasteiger partial charge in [-0.2, -0.15) is 0 Å². The van der Waals surface area contributed by atoms with E-state index in [9.17, 15) is 9.59 Å². The van der Waals surface area contributed by atoms with Crippen molar-refractivity contribution in [2.45, 2.75) is 19.4 Å². The lowest BCUT2D eigenvalue weighted by Gasteiger charge is -2.18. The maximum atomic E-state index is 12.8. The van der Waals surface area contributed by atoms with Crippen molar-refractivity contribution in [3.05, 3.63) is 89.7 Å². The summed E-state index contributed by atoms with van der Waals surface area (Å²) in [5.74, 6) is -0.291. The van der Waals surface area contributed by atoms with Crippen molar-refractivity contribution in [3.63, 3.8) is 0 Å². The van der Waals surface area contributed by atoms with E-state index in [-0.39, 0.29) is 11.8 Å². The zero-order chi connectivity index (χ0) is 21.3. The minimum Gasteiger partial charge on any atom is -0.377 e. The van der Waals surface area contributed by atoms with Crippen LogP contribution in [0.5, 0.6) is 0 Å². The van der Waals surface area contributed by atoms with E-state index in [1.165, 1.54) is 0 Å². The Morgan fingerprint density at radius 3 is 2.43 bits per heavy atom. The molecule has 30 heavy (non-hydrogen) atoms. The molecule has 0 bridgehead atoms. The number of hydrogen-bond donors (Lipinski definition) is 2. The van der Waals surface area contributed by atoms with E-state index in [1.54, 1.807) is 18.5 Å². The molecule has 0 atom stereocenters. The van der Waals surface area contributed by atoms with E-state index in [2.05, 4.69) is 15.6 Å². The van der Waals surface area contributed by atoms with Crippen molar-refractivity contribution in [2.75, 3.05) is 24.3 Å². The third-order valence-corrected chi connectivity index (χ3v) is 4.67. The fourth-order valence-electron chi connectivity index (χ4n) is 3.09. The van der Waals surface area contributed by atoms with Gasteiger partial charge in [0.25, 0.3) is 5.91 Å². The number of amides is 2. The summed E-state index contributed by atoms with van der Waals surface area (Å²) in [6, 6.07) is 19.0. The second-order valence-corrected chi connectivity index (χ2v) is 7.20. The van der Waals surface area contributed by atoms with Gasteiger partial charge in [-0.15, -0.1) is 0 Å². The molecule has 0 unspecified atom stereocenters. The predicted molar refractivity (Wildman–Crippen MR) is 120 cm³/mol. The number of pyridine rings is 1. The maximum absolute atomic E-state index is 12.8. The molecule has 2 aromatic carbocycles. The van der Waals surface area contributed by atoms with Crippen molar-refractivity contribution in [1.82, 2.24) is 10.3 Å². The first-order valence-corrected chi connectivity index (χ1v) is 9.85. The number of aryl methyl sites for hydroxylation is 1. The monoisotopic (exact) mass is 402 g/mol. The standard InChI is InChI=1S/C24H26N4O2/c1-28(2)22-12-11-20(27-23(29)13-10-18-7-4-3-5-8-18)15-21(22)24(30)26-17-19-9-6-14-25-16-19/h3-9,11-12,14-16H,10,13,17H2,1-2H3,(H,26,30)(H,27,29). The Bertz CT molecular complexity index is 989. The lowest BCUT2D eigenvalue weighted by Crippen LogP contribution is -2.25. The molecule has 154 valence electrons. The van der Waals surface area contributed by atoms with Crippen molar-refractivity contribution >= 4 is 23.2 Å². The predicted octanol–water partition coefficient (Wildman–Crippen LogP) is 3.65. The van der Waals surface area contributed by atoms with E-state index in [4.69, 9.17) is 0 Å². The Balaban J connectivity index is 1.67. The molecule has 1 aromatic heterocycles. The molecule has 3 rings (SSSR count). The summed E-state index contributed by atoms with van der Waals surface area (Å²) in [6.07, 6.45) is 4.46. The highest BCUT2D eigenvalue weighted by Gasteiger charge is 2.15. The molecule has 0 aliphatic rings. The van der Waals surface area contributed by atoms with Crippen LogP contribution in [-0.2, 0) is 17.8 Å². The molecular formula is C24H26N4O2. The minimum absolute atomic E-state index is 0.0850. The van der Waals surface area contributed by atoms with Gasteiger partial charge in [-0.25, -0.2) is 0 Å². The van der Waals surface area contributed by atoms with Crippen molar-refractivity contribution in [1.29, 1.82) is 0 Å². The van der Waals surface area contributed by atoms with Crippen LogP contribution in [-0.4, -0.2) is 30.9 Å². The van der Waals surface area contributed by atoms with Gasteiger partial charge in [0.2, 0.25) is 5.91 Å². The van der Waals surface area contributed by atoms with E-state index in [0.29, 0.717) is 30.6 Å². The number of carbonyl (C=O) groups is 2. The van der Waals surface area contributed by atoms with Crippen LogP contribution in [0.1, 0.15) is 27.9 Å². The second-order valence-electron chi connectivity index (χ2n) is 7.20. The molecule has 0 saturated carbocycles. The zero-order valence-electron chi connectivity index (χ0n) is 17.3. The number of nitrogens with zero attached hydrogens (tertiary/aromatic N) is 2. The molecule has 3 aromatic rings. The largest absolute Gasteiger partial charge is 0.377 e. The van der Waals surface area contributed by atoms with E-state index in [0.717, 1.165) is 16.8 Å². The Morgan fingerprint density at radius 1 is 0.967 bits per heavy atom. The van der Waals surface area contributed by atoms with E-state index < -0.39 is 0 Å². The third-order valence-electron chi connectivity index (χ3n) is 4.67. The second kappa shape index (κ2) is 10.2. The van der Waals surface area contributed by atoms with Crippen LogP contribution in [0.3, 0.4) is 0 Å². The van der Waals surface area contributed by atoms with Crippen LogP contribution in [0.2, 0.25) is 0 Å². The van der Waals surface area contributed by atoms with Gasteiger partial charge >= 0.3 is 0 Å². The average Bonchev–Trinajstić information content (AvgIpc) is 2.77. The average molecular weight is 402 g/mol. The first kappa shape index (κ1) is 21.0. The summed E-state index contributed by atoms with van der Waals surface area (Å²) < 4.78 is 0. The highest BCUT2D eigenvalue weighted by molar-refractivity contribution is 6.02. The molecule has 6 nitrogen and oxygen atoms in total. The van der Waals surface area contributed by atoms with Crippen LogP contribution in [0.25, 0.3) is 0 Å². The molecule has 0 fully saturated rings. The highest BCUT2D eigenvalue weighted by Crippen LogP contribution is 2.23. The first-order chi connectivity index (χ1) is 14.5. The highest BCUT2D eigenvalue weighted by atomic mass is 16.2. The van der Waals surface area contributed by atoms with Gasteiger partial charge in [0.1, 0.15) is 0 Å². The van der Waals surface area contributed by atoms with Crippen LogP contribution >= 0.6 is 0 Å². The van der Waals surface area contributed by atoms with E-state index in [1.807, 2.05) is 73.6 Å². The Labute approximate surface area is 177 Å². The first-order valence-electron chi connectivity index (χ1n) is 9.85. The SMILES string of the molecule is CN(C)c1ccc(NC(=O)CCc2ccccc2)cc1C(=O)NCc1cccnc1. The summed E-state index contributed by atoms with van der Waals surface area (Å²) >= 11 is 0. The number of hydrogen-bond acceptors (Lipinski definition) is 4. The molecular weight excluding hydrogens is 376 g/mol. The van der Waals surface area contributed by atoms with Gasteiger partial charge in [0, 0.05) is 50.8 Å². The lowest BCUT2D eigenvalue weighted by molar-refractivity contribution is -0.116. The van der Waals surface area contributed by atoms with Gasteiger partial charge in [0.15, 0.2) is 0 Å². The number of nitrogens with one attached hydrogen (secondary N) is 2. The van der Waals surface area contributed by atoms with E-state index >= 15 is 0 Å². The van der Waals surface area contributed by atoms with Crippen LogP contribution < -0.4 is 15.5 Å². The van der Waals surface area contributed by atoms with Crippen LogP contribution in [0.4, 0.5) is 11.4 Å². The molecule has 0 saturated heterocycles. The number of carbonyl (C=O) groups excluding carboxylic acids is 2. The smallest absolute Gasteiger partial charge is 0.253 e. The molecule has 2 N–H and O–H groups in total. The maximum Gasteiger partial charge on any atom is 0.253 e. The van der Waals surface area contributed by atoms with Gasteiger partial charge in [-0.1, -0.05) is 36.4 Å². The van der Waals surface area contributed by atoms with Crippen molar-refractivity contribution < 1.29 is 9.59 Å². The fraction of sp³-hybridized carbons (Fsp3) is 0.208. The number of anilines is 2. The third kappa shape index (κ3) is 5.91. The molecule has 1 heterocycles. The summed E-state index contributed by atoms with van der Waals surface area (Å²) in [4.78, 5) is 31.1. The summed E-state index contributed by atoms with van der Waals surface area (Å²) in [5.41, 5.74) is 3.92. The van der Waals surface area contributed by atoms with Crippen LogP contribution in [0, 0.1) is 0 Å². The molecule has 0 spiro atoms. The van der Waals surface area contributed by atoms with Gasteiger partial charge in [0.05, 0.1) is 5.56 Å². The quantitative estimate of drug-likeness (QED) is 0.603.